The molecule has 0 aromatic heterocycles. The molecular weight excluding hydrogens is 479 g/mol. The largest absolute Gasteiger partial charge is 0.280 e. The summed E-state index contributed by atoms with van der Waals surface area (Å²) in [6.07, 6.45) is 1.85. The molecule has 0 radical (unpaired) electrons. The summed E-state index contributed by atoms with van der Waals surface area (Å²) in [5.74, 6) is 0. The van der Waals surface area contributed by atoms with E-state index in [1.165, 1.54) is 42.5 Å². The number of hydrogen-bond donors (Lipinski definition) is 2. The van der Waals surface area contributed by atoms with Gasteiger partial charge in [0.25, 0.3) is 20.0 Å². The number of aryl methyl sites for hydroxylation is 1. The van der Waals surface area contributed by atoms with Crippen molar-refractivity contribution in [1.29, 1.82) is 0 Å². The third-order valence-corrected chi connectivity index (χ3v) is 7.53. The third kappa shape index (κ3) is 6.13. The van der Waals surface area contributed by atoms with Gasteiger partial charge in [-0.25, -0.2) is 16.8 Å². The van der Waals surface area contributed by atoms with Crippen molar-refractivity contribution in [3.05, 3.63) is 82.3 Å². The van der Waals surface area contributed by atoms with Crippen LogP contribution in [0.1, 0.15) is 18.9 Å². The highest BCUT2D eigenvalue weighted by atomic mass is 35.5. The molecule has 0 amide bonds. The Hall–Kier alpha value is -2.26. The van der Waals surface area contributed by atoms with Crippen molar-refractivity contribution in [3.8, 4) is 0 Å². The van der Waals surface area contributed by atoms with E-state index in [9.17, 15) is 16.8 Å². The lowest BCUT2D eigenvalue weighted by molar-refractivity contribution is 0.600. The first kappa shape index (κ1) is 23.4. The molecule has 6 nitrogen and oxygen atoms in total. The van der Waals surface area contributed by atoms with Crippen LogP contribution in [-0.4, -0.2) is 16.8 Å². The third-order valence-electron chi connectivity index (χ3n) is 4.30. The first-order chi connectivity index (χ1) is 14.6. The van der Waals surface area contributed by atoms with Gasteiger partial charge in [0.2, 0.25) is 0 Å². The highest BCUT2D eigenvalue weighted by Gasteiger charge is 2.17. The Bertz CT molecular complexity index is 1260. The molecular formula is C21H20Cl2N2O4S2. The summed E-state index contributed by atoms with van der Waals surface area (Å²) in [7, 11) is -7.71. The van der Waals surface area contributed by atoms with Gasteiger partial charge in [-0.2, -0.15) is 0 Å². The lowest BCUT2D eigenvalue weighted by Gasteiger charge is -2.11. The van der Waals surface area contributed by atoms with Crippen molar-refractivity contribution < 1.29 is 16.8 Å². The van der Waals surface area contributed by atoms with Crippen LogP contribution < -0.4 is 9.44 Å². The van der Waals surface area contributed by atoms with Gasteiger partial charge in [-0.15, -0.1) is 0 Å². The molecule has 3 aromatic carbocycles. The van der Waals surface area contributed by atoms with Crippen LogP contribution in [0.4, 0.5) is 11.4 Å². The van der Waals surface area contributed by atoms with Crippen molar-refractivity contribution in [3.63, 3.8) is 0 Å². The Morgan fingerprint density at radius 1 is 0.677 bits per heavy atom. The number of anilines is 2. The average molecular weight is 499 g/mol. The standard InChI is InChI=1S/C21H20Cl2N2O4S2/c1-2-3-15-4-8-20(9-5-15)30(26,27)24-18-6-10-21(11-7-18)31(28,29)25-19-13-16(22)12-17(23)14-19/h4-14,24-25H,2-3H2,1H3. The molecule has 0 heterocycles. The quantitative estimate of drug-likeness (QED) is 0.425. The Labute approximate surface area is 192 Å². The van der Waals surface area contributed by atoms with Gasteiger partial charge in [0.15, 0.2) is 0 Å². The Morgan fingerprint density at radius 2 is 1.13 bits per heavy atom. The average Bonchev–Trinajstić information content (AvgIpc) is 2.67. The molecule has 164 valence electrons. The topological polar surface area (TPSA) is 92.3 Å². The highest BCUT2D eigenvalue weighted by Crippen LogP contribution is 2.25. The van der Waals surface area contributed by atoms with Crippen LogP contribution >= 0.6 is 23.2 Å². The molecule has 0 aliphatic carbocycles. The van der Waals surface area contributed by atoms with Crippen LogP contribution in [0.3, 0.4) is 0 Å². The number of benzene rings is 3. The van der Waals surface area contributed by atoms with E-state index in [0.29, 0.717) is 0 Å². The van der Waals surface area contributed by atoms with Gasteiger partial charge in [-0.05, 0) is 66.6 Å². The molecule has 0 aliphatic heterocycles. The van der Waals surface area contributed by atoms with Gasteiger partial charge in [0.1, 0.15) is 0 Å². The molecule has 0 saturated carbocycles. The predicted octanol–water partition coefficient (Wildman–Crippen LogP) is 5.55. The maximum atomic E-state index is 12.6. The molecule has 0 saturated heterocycles. The molecule has 10 heteroatoms. The van der Waals surface area contributed by atoms with E-state index < -0.39 is 20.0 Å². The molecule has 0 bridgehead atoms. The SMILES string of the molecule is CCCc1ccc(S(=O)(=O)Nc2ccc(S(=O)(=O)Nc3cc(Cl)cc(Cl)c3)cc2)cc1. The summed E-state index contributed by atoms with van der Waals surface area (Å²) in [6.45, 7) is 2.05. The van der Waals surface area contributed by atoms with Crippen molar-refractivity contribution in [2.45, 2.75) is 29.6 Å². The smallest absolute Gasteiger partial charge is 0.261 e. The minimum atomic E-state index is -3.91. The second-order valence-electron chi connectivity index (χ2n) is 6.79. The Kier molecular flexibility index (Phi) is 7.16. The highest BCUT2D eigenvalue weighted by molar-refractivity contribution is 7.93. The van der Waals surface area contributed by atoms with E-state index in [-0.39, 0.29) is 31.2 Å². The van der Waals surface area contributed by atoms with E-state index in [2.05, 4.69) is 16.4 Å². The van der Waals surface area contributed by atoms with E-state index in [0.717, 1.165) is 18.4 Å². The van der Waals surface area contributed by atoms with Gasteiger partial charge in [-0.3, -0.25) is 9.44 Å². The number of nitrogens with one attached hydrogen (secondary N) is 2. The fourth-order valence-electron chi connectivity index (χ4n) is 2.87. The Morgan fingerprint density at radius 3 is 1.61 bits per heavy atom. The van der Waals surface area contributed by atoms with Crippen LogP contribution in [0.15, 0.2) is 76.5 Å². The summed E-state index contributed by atoms with van der Waals surface area (Å²) in [5, 5.41) is 0.579. The van der Waals surface area contributed by atoms with Gasteiger partial charge >= 0.3 is 0 Å². The molecule has 31 heavy (non-hydrogen) atoms. The number of rotatable bonds is 8. The Balaban J connectivity index is 1.75. The minimum Gasteiger partial charge on any atom is -0.280 e. The second kappa shape index (κ2) is 9.48. The minimum absolute atomic E-state index is 0.0459. The second-order valence-corrected chi connectivity index (χ2v) is 11.0. The van der Waals surface area contributed by atoms with Gasteiger partial charge in [-0.1, -0.05) is 48.7 Å². The summed E-state index contributed by atoms with van der Waals surface area (Å²) >= 11 is 11.8. The predicted molar refractivity (Wildman–Crippen MR) is 125 cm³/mol. The van der Waals surface area contributed by atoms with E-state index in [4.69, 9.17) is 23.2 Å². The molecule has 0 fully saturated rings. The van der Waals surface area contributed by atoms with Gasteiger partial charge in [0.05, 0.1) is 15.5 Å². The van der Waals surface area contributed by atoms with Crippen molar-refractivity contribution >= 4 is 54.6 Å². The zero-order valence-corrected chi connectivity index (χ0v) is 19.6. The van der Waals surface area contributed by atoms with Gasteiger partial charge in [0, 0.05) is 15.7 Å². The summed E-state index contributed by atoms with van der Waals surface area (Å²) in [4.78, 5) is 0.0824. The summed E-state index contributed by atoms with van der Waals surface area (Å²) in [6, 6.07) is 16.4. The monoisotopic (exact) mass is 498 g/mol. The van der Waals surface area contributed by atoms with Crippen molar-refractivity contribution in [1.82, 2.24) is 0 Å². The fraction of sp³-hybridized carbons (Fsp3) is 0.143. The van der Waals surface area contributed by atoms with Crippen molar-refractivity contribution in [2.75, 3.05) is 9.44 Å². The number of halogens is 2. The molecule has 3 rings (SSSR count). The molecule has 2 N–H and O–H groups in total. The van der Waals surface area contributed by atoms with E-state index >= 15 is 0 Å². The molecule has 0 aliphatic rings. The lowest BCUT2D eigenvalue weighted by Crippen LogP contribution is -2.14. The summed E-state index contributed by atoms with van der Waals surface area (Å²) < 4.78 is 55.2. The number of sulfonamides is 2. The maximum Gasteiger partial charge on any atom is 0.261 e. The van der Waals surface area contributed by atoms with E-state index in [1.54, 1.807) is 24.3 Å². The van der Waals surface area contributed by atoms with Crippen LogP contribution in [0.25, 0.3) is 0 Å². The lowest BCUT2D eigenvalue weighted by atomic mass is 10.1. The fourth-order valence-corrected chi connectivity index (χ4v) is 5.49. The molecule has 0 spiro atoms. The first-order valence-corrected chi connectivity index (χ1v) is 13.0. The maximum absolute atomic E-state index is 12.6. The zero-order chi connectivity index (χ0) is 22.6. The number of hydrogen-bond acceptors (Lipinski definition) is 4. The van der Waals surface area contributed by atoms with Crippen LogP contribution in [0.5, 0.6) is 0 Å². The summed E-state index contributed by atoms with van der Waals surface area (Å²) in [5.41, 5.74) is 1.51. The normalized spacial score (nSPS) is 11.8. The van der Waals surface area contributed by atoms with Crippen molar-refractivity contribution in [2.24, 2.45) is 0 Å². The molecule has 3 aromatic rings. The first-order valence-electron chi connectivity index (χ1n) is 9.30. The van der Waals surface area contributed by atoms with Crippen LogP contribution in [-0.2, 0) is 26.5 Å². The zero-order valence-electron chi connectivity index (χ0n) is 16.5. The van der Waals surface area contributed by atoms with Crippen LogP contribution in [0.2, 0.25) is 10.0 Å². The molecule has 0 atom stereocenters. The van der Waals surface area contributed by atoms with Crippen LogP contribution in [0, 0.1) is 0 Å². The van der Waals surface area contributed by atoms with E-state index in [1.807, 2.05) is 0 Å². The molecule has 0 unspecified atom stereocenters. The van der Waals surface area contributed by atoms with Gasteiger partial charge < -0.3 is 0 Å².